The number of carbonyl (C=O) groups excluding carboxylic acids is 2. The molecule has 2 saturated heterocycles. The van der Waals surface area contributed by atoms with Crippen LogP contribution in [0.2, 0.25) is 0 Å². The SMILES string of the molecule is CCCO[C@@H]1C[C@H]([C@H]2OC(=O)C[C@H]2Cc2cc(F)cc(F)c2)N(C(=O)OC(C)(C)C)C1. The molecule has 0 radical (unpaired) electrons. The van der Waals surface area contributed by atoms with Crippen LogP contribution in [0.15, 0.2) is 18.2 Å². The van der Waals surface area contributed by atoms with Gasteiger partial charge in [-0.15, -0.1) is 0 Å². The molecule has 1 aromatic carbocycles. The third-order valence-electron chi connectivity index (χ3n) is 5.45. The van der Waals surface area contributed by atoms with Crippen LogP contribution in [0.1, 0.15) is 52.5 Å². The fraction of sp³-hybridized carbons (Fsp3) is 0.652. The Morgan fingerprint density at radius 3 is 2.52 bits per heavy atom. The average Bonchev–Trinajstić information content (AvgIpc) is 3.21. The Hall–Kier alpha value is -2.22. The van der Waals surface area contributed by atoms with Gasteiger partial charge >= 0.3 is 12.1 Å². The number of rotatable bonds is 6. The molecule has 31 heavy (non-hydrogen) atoms. The first-order valence-corrected chi connectivity index (χ1v) is 10.8. The van der Waals surface area contributed by atoms with Crippen molar-refractivity contribution in [2.24, 2.45) is 5.92 Å². The molecule has 2 heterocycles. The molecule has 2 aliphatic heterocycles. The minimum absolute atomic E-state index is 0.127. The lowest BCUT2D eigenvalue weighted by Gasteiger charge is -2.32. The van der Waals surface area contributed by atoms with Crippen LogP contribution in [-0.4, -0.2) is 54.0 Å². The van der Waals surface area contributed by atoms with Crippen molar-refractivity contribution < 1.29 is 32.6 Å². The van der Waals surface area contributed by atoms with Gasteiger partial charge in [0.05, 0.1) is 25.1 Å². The molecular weight excluding hydrogens is 408 g/mol. The van der Waals surface area contributed by atoms with E-state index in [0.717, 1.165) is 12.5 Å². The molecule has 1 aromatic rings. The summed E-state index contributed by atoms with van der Waals surface area (Å²) in [7, 11) is 0. The largest absolute Gasteiger partial charge is 0.460 e. The van der Waals surface area contributed by atoms with Gasteiger partial charge in [-0.25, -0.2) is 13.6 Å². The molecule has 0 bridgehead atoms. The first-order valence-electron chi connectivity index (χ1n) is 10.8. The smallest absolute Gasteiger partial charge is 0.410 e. The van der Waals surface area contributed by atoms with Crippen LogP contribution >= 0.6 is 0 Å². The summed E-state index contributed by atoms with van der Waals surface area (Å²) in [6, 6.07) is 2.91. The number of cyclic esters (lactones) is 1. The number of nitrogens with zero attached hydrogens (tertiary/aromatic N) is 1. The fourth-order valence-electron chi connectivity index (χ4n) is 4.31. The van der Waals surface area contributed by atoms with E-state index in [4.69, 9.17) is 14.2 Å². The maximum atomic E-state index is 13.6. The lowest BCUT2D eigenvalue weighted by atomic mass is 9.88. The second kappa shape index (κ2) is 9.51. The molecule has 172 valence electrons. The molecule has 0 unspecified atom stereocenters. The Bertz CT molecular complexity index is 789. The van der Waals surface area contributed by atoms with Gasteiger partial charge in [-0.05, 0) is 57.7 Å². The van der Waals surface area contributed by atoms with Gasteiger partial charge in [0.1, 0.15) is 23.3 Å². The number of ether oxygens (including phenoxy) is 3. The molecule has 0 N–H and O–H groups in total. The number of carbonyl (C=O) groups is 2. The number of hydrogen-bond donors (Lipinski definition) is 0. The summed E-state index contributed by atoms with van der Waals surface area (Å²) in [4.78, 5) is 26.6. The van der Waals surface area contributed by atoms with Crippen LogP contribution in [0.3, 0.4) is 0 Å². The van der Waals surface area contributed by atoms with E-state index in [1.54, 1.807) is 25.7 Å². The second-order valence-electron chi connectivity index (χ2n) is 9.33. The molecule has 0 spiro atoms. The van der Waals surface area contributed by atoms with Crippen molar-refractivity contribution in [3.05, 3.63) is 35.4 Å². The second-order valence-corrected chi connectivity index (χ2v) is 9.33. The zero-order valence-electron chi connectivity index (χ0n) is 18.5. The quantitative estimate of drug-likeness (QED) is 0.621. The van der Waals surface area contributed by atoms with E-state index in [0.29, 0.717) is 25.1 Å². The third kappa shape index (κ3) is 6.15. The number of hydrogen-bond acceptors (Lipinski definition) is 5. The van der Waals surface area contributed by atoms with Gasteiger partial charge in [0.25, 0.3) is 0 Å². The molecule has 4 atom stereocenters. The van der Waals surface area contributed by atoms with Crippen molar-refractivity contribution in [2.75, 3.05) is 13.2 Å². The maximum absolute atomic E-state index is 13.6. The van der Waals surface area contributed by atoms with E-state index in [1.807, 2.05) is 6.92 Å². The molecule has 0 aliphatic carbocycles. The van der Waals surface area contributed by atoms with Gasteiger partial charge in [-0.2, -0.15) is 0 Å². The van der Waals surface area contributed by atoms with Crippen molar-refractivity contribution in [1.82, 2.24) is 4.90 Å². The number of likely N-dealkylation sites (tertiary alicyclic amines) is 1. The Kier molecular flexibility index (Phi) is 7.19. The Labute approximate surface area is 181 Å². The van der Waals surface area contributed by atoms with Crippen LogP contribution in [0, 0.1) is 17.6 Å². The molecule has 0 aromatic heterocycles. The highest BCUT2D eigenvalue weighted by Gasteiger charge is 2.49. The van der Waals surface area contributed by atoms with Gasteiger partial charge in [0, 0.05) is 18.6 Å². The number of esters is 1. The van der Waals surface area contributed by atoms with Gasteiger partial charge in [0.15, 0.2) is 0 Å². The van der Waals surface area contributed by atoms with Crippen LogP contribution in [0.25, 0.3) is 0 Å². The number of benzene rings is 1. The topological polar surface area (TPSA) is 65.1 Å². The molecule has 0 saturated carbocycles. The zero-order valence-corrected chi connectivity index (χ0v) is 18.5. The Balaban J connectivity index is 1.81. The minimum atomic E-state index is -0.672. The lowest BCUT2D eigenvalue weighted by molar-refractivity contribution is -0.143. The van der Waals surface area contributed by atoms with Crippen LogP contribution in [0.5, 0.6) is 0 Å². The molecule has 3 rings (SSSR count). The van der Waals surface area contributed by atoms with E-state index in [9.17, 15) is 18.4 Å². The van der Waals surface area contributed by atoms with E-state index in [1.165, 1.54) is 12.1 Å². The highest BCUT2D eigenvalue weighted by molar-refractivity contribution is 5.73. The van der Waals surface area contributed by atoms with Crippen LogP contribution < -0.4 is 0 Å². The van der Waals surface area contributed by atoms with E-state index >= 15 is 0 Å². The molecule has 1 amide bonds. The van der Waals surface area contributed by atoms with Gasteiger partial charge in [-0.3, -0.25) is 9.69 Å². The standard InChI is InChI=1S/C23H31F2NO5/c1-5-6-29-18-12-19(26(13-18)22(28)31-23(2,3)4)21-15(10-20(27)30-21)7-14-8-16(24)11-17(25)9-14/h8-9,11,15,18-19,21H,5-7,10,12-13H2,1-4H3/t15-,18-,19-,21+/m1/s1. The van der Waals surface area contributed by atoms with Gasteiger partial charge in [0.2, 0.25) is 0 Å². The summed E-state index contributed by atoms with van der Waals surface area (Å²) in [6.45, 7) is 8.28. The van der Waals surface area contributed by atoms with Crippen molar-refractivity contribution in [3.63, 3.8) is 0 Å². The van der Waals surface area contributed by atoms with Gasteiger partial charge in [-0.1, -0.05) is 6.92 Å². The monoisotopic (exact) mass is 439 g/mol. The highest BCUT2D eigenvalue weighted by atomic mass is 19.1. The van der Waals surface area contributed by atoms with E-state index < -0.39 is 35.5 Å². The van der Waals surface area contributed by atoms with Crippen LogP contribution in [-0.2, 0) is 25.4 Å². The molecule has 2 fully saturated rings. The van der Waals surface area contributed by atoms with Crippen molar-refractivity contribution >= 4 is 12.1 Å². The van der Waals surface area contributed by atoms with E-state index in [2.05, 4.69) is 0 Å². The summed E-state index contributed by atoms with van der Waals surface area (Å²) in [5.41, 5.74) is -0.221. The van der Waals surface area contributed by atoms with Crippen molar-refractivity contribution in [2.45, 2.75) is 77.2 Å². The zero-order chi connectivity index (χ0) is 22.8. The fourth-order valence-corrected chi connectivity index (χ4v) is 4.31. The Morgan fingerprint density at radius 2 is 1.90 bits per heavy atom. The van der Waals surface area contributed by atoms with Crippen LogP contribution in [0.4, 0.5) is 13.6 Å². The first kappa shape index (κ1) is 23.4. The third-order valence-corrected chi connectivity index (χ3v) is 5.45. The summed E-state index contributed by atoms with van der Waals surface area (Å²) in [5, 5.41) is 0. The van der Waals surface area contributed by atoms with E-state index in [-0.39, 0.29) is 30.8 Å². The van der Waals surface area contributed by atoms with Gasteiger partial charge < -0.3 is 14.2 Å². The summed E-state index contributed by atoms with van der Waals surface area (Å²) in [5.74, 6) is -2.02. The molecule has 8 heteroatoms. The van der Waals surface area contributed by atoms with Crippen molar-refractivity contribution in [3.8, 4) is 0 Å². The first-order chi connectivity index (χ1) is 14.6. The van der Waals surface area contributed by atoms with Crippen molar-refractivity contribution in [1.29, 1.82) is 0 Å². The molecule has 6 nitrogen and oxygen atoms in total. The Morgan fingerprint density at radius 1 is 1.23 bits per heavy atom. The number of amides is 1. The molecule has 2 aliphatic rings. The maximum Gasteiger partial charge on any atom is 0.410 e. The minimum Gasteiger partial charge on any atom is -0.460 e. The normalized spacial score (nSPS) is 26.3. The predicted molar refractivity (Wildman–Crippen MR) is 109 cm³/mol. The summed E-state index contributed by atoms with van der Waals surface area (Å²) in [6.07, 6.45) is 0.473. The summed E-state index contributed by atoms with van der Waals surface area (Å²) < 4.78 is 44.4. The predicted octanol–water partition coefficient (Wildman–Crippen LogP) is 4.24. The summed E-state index contributed by atoms with van der Waals surface area (Å²) >= 11 is 0. The lowest BCUT2D eigenvalue weighted by Crippen LogP contribution is -2.47. The highest BCUT2D eigenvalue weighted by Crippen LogP contribution is 2.36. The average molecular weight is 439 g/mol. The molecular formula is C23H31F2NO5. The number of halogens is 2.